The fraction of sp³-hybridized carbons (Fsp3) is 0.300. The number of esters is 1. The molecule has 0 amide bonds. The summed E-state index contributed by atoms with van der Waals surface area (Å²) in [6.45, 7) is 1.71. The van der Waals surface area contributed by atoms with Gasteiger partial charge in [-0.15, -0.1) is 0 Å². The quantitative estimate of drug-likeness (QED) is 0.784. The molecule has 0 heterocycles. The van der Waals surface area contributed by atoms with Crippen molar-refractivity contribution < 1.29 is 17.9 Å². The Morgan fingerprint density at radius 1 is 1.38 bits per heavy atom. The van der Waals surface area contributed by atoms with E-state index in [1.807, 2.05) is 0 Å². The molecule has 6 heteroatoms. The van der Waals surface area contributed by atoms with Gasteiger partial charge in [0.15, 0.2) is 9.84 Å². The van der Waals surface area contributed by atoms with Crippen LogP contribution in [0.4, 0.5) is 0 Å². The van der Waals surface area contributed by atoms with Gasteiger partial charge in [-0.3, -0.25) is 0 Å². The second-order valence-corrected chi connectivity index (χ2v) is 6.20. The van der Waals surface area contributed by atoms with Crippen LogP contribution < -0.4 is 0 Å². The molecule has 0 unspecified atom stereocenters. The van der Waals surface area contributed by atoms with Crippen molar-refractivity contribution in [3.05, 3.63) is 27.7 Å². The third kappa shape index (κ3) is 2.62. The van der Waals surface area contributed by atoms with Gasteiger partial charge >= 0.3 is 5.97 Å². The van der Waals surface area contributed by atoms with E-state index in [4.69, 9.17) is 0 Å². The molecule has 0 atom stereocenters. The molecule has 0 spiro atoms. The number of hydrogen-bond donors (Lipinski definition) is 0. The highest BCUT2D eigenvalue weighted by Gasteiger charge is 2.18. The summed E-state index contributed by atoms with van der Waals surface area (Å²) < 4.78 is 27.9. The lowest BCUT2D eigenvalue weighted by Crippen LogP contribution is -2.07. The number of methoxy groups -OCH3 is 1. The number of rotatable bonds is 2. The van der Waals surface area contributed by atoms with Gasteiger partial charge < -0.3 is 4.74 Å². The monoisotopic (exact) mass is 306 g/mol. The molecule has 16 heavy (non-hydrogen) atoms. The summed E-state index contributed by atoms with van der Waals surface area (Å²) >= 11 is 3.16. The molecule has 0 saturated heterocycles. The highest BCUT2D eigenvalue weighted by molar-refractivity contribution is 9.10. The molecule has 0 aliphatic rings. The minimum atomic E-state index is -3.37. The number of sulfone groups is 1. The van der Waals surface area contributed by atoms with Gasteiger partial charge in [-0.2, -0.15) is 0 Å². The number of hydrogen-bond acceptors (Lipinski definition) is 4. The molecule has 1 aromatic rings. The van der Waals surface area contributed by atoms with Gasteiger partial charge in [0.25, 0.3) is 0 Å². The Morgan fingerprint density at radius 3 is 2.38 bits per heavy atom. The first-order chi connectivity index (χ1) is 7.27. The Kier molecular flexibility index (Phi) is 3.75. The first-order valence-electron chi connectivity index (χ1n) is 4.36. The topological polar surface area (TPSA) is 60.4 Å². The molecule has 0 aromatic heterocycles. The maximum atomic E-state index is 11.4. The summed E-state index contributed by atoms with van der Waals surface area (Å²) in [5.74, 6) is -0.546. The first-order valence-corrected chi connectivity index (χ1v) is 7.04. The standard InChI is InChI=1S/C10H11BrO4S/c1-6-4-8(11)9(16(3,13)14)5-7(6)10(12)15-2/h4-5H,1-3H3. The first kappa shape index (κ1) is 13.2. The average molecular weight is 307 g/mol. The van der Waals surface area contributed by atoms with Crippen molar-refractivity contribution in [3.8, 4) is 0 Å². The number of halogens is 1. The fourth-order valence-electron chi connectivity index (χ4n) is 1.27. The lowest BCUT2D eigenvalue weighted by molar-refractivity contribution is 0.0599. The number of carbonyl (C=O) groups excluding carboxylic acids is 1. The van der Waals surface area contributed by atoms with Crippen LogP contribution in [0.15, 0.2) is 21.5 Å². The molecule has 0 radical (unpaired) electrons. The molecule has 0 saturated carbocycles. The van der Waals surface area contributed by atoms with Gasteiger partial charge in [0, 0.05) is 10.7 Å². The van der Waals surface area contributed by atoms with E-state index in [2.05, 4.69) is 20.7 Å². The van der Waals surface area contributed by atoms with E-state index >= 15 is 0 Å². The predicted octanol–water partition coefficient (Wildman–Crippen LogP) is 1.95. The molecule has 0 fully saturated rings. The van der Waals surface area contributed by atoms with Crippen LogP contribution in [0.5, 0.6) is 0 Å². The minimum Gasteiger partial charge on any atom is -0.465 e. The van der Waals surface area contributed by atoms with Crippen LogP contribution in [0, 0.1) is 6.92 Å². The SMILES string of the molecule is COC(=O)c1cc(S(C)(=O)=O)c(Br)cc1C. The molecule has 1 rings (SSSR count). The molecule has 0 N–H and O–H groups in total. The third-order valence-electron chi connectivity index (χ3n) is 2.08. The van der Waals surface area contributed by atoms with Crippen molar-refractivity contribution in [2.45, 2.75) is 11.8 Å². The van der Waals surface area contributed by atoms with Crippen LogP contribution in [0.25, 0.3) is 0 Å². The molecule has 4 nitrogen and oxygen atoms in total. The van der Waals surface area contributed by atoms with Crippen molar-refractivity contribution in [1.29, 1.82) is 0 Å². The maximum absolute atomic E-state index is 11.4. The smallest absolute Gasteiger partial charge is 0.338 e. The second-order valence-electron chi connectivity index (χ2n) is 3.36. The summed E-state index contributed by atoms with van der Waals surface area (Å²) in [5, 5.41) is 0. The minimum absolute atomic E-state index is 0.0819. The van der Waals surface area contributed by atoms with Crippen LogP contribution in [0.1, 0.15) is 15.9 Å². The highest BCUT2D eigenvalue weighted by Crippen LogP contribution is 2.26. The predicted molar refractivity (Wildman–Crippen MR) is 63.3 cm³/mol. The van der Waals surface area contributed by atoms with E-state index in [9.17, 15) is 13.2 Å². The van der Waals surface area contributed by atoms with E-state index in [0.29, 0.717) is 10.0 Å². The van der Waals surface area contributed by atoms with Crippen LogP contribution in [0.2, 0.25) is 0 Å². The molecular weight excluding hydrogens is 296 g/mol. The van der Waals surface area contributed by atoms with Crippen LogP contribution in [-0.2, 0) is 14.6 Å². The maximum Gasteiger partial charge on any atom is 0.338 e. The van der Waals surface area contributed by atoms with E-state index in [1.54, 1.807) is 13.0 Å². The summed E-state index contributed by atoms with van der Waals surface area (Å²) in [4.78, 5) is 11.5. The summed E-state index contributed by atoms with van der Waals surface area (Å²) in [5.41, 5.74) is 0.914. The largest absolute Gasteiger partial charge is 0.465 e. The van der Waals surface area contributed by atoms with Crippen LogP contribution in [0.3, 0.4) is 0 Å². The van der Waals surface area contributed by atoms with Gasteiger partial charge in [0.05, 0.1) is 17.6 Å². The van der Waals surface area contributed by atoms with Crippen LogP contribution in [-0.4, -0.2) is 27.8 Å². The van der Waals surface area contributed by atoms with E-state index in [-0.39, 0.29) is 10.5 Å². The lowest BCUT2D eigenvalue weighted by atomic mass is 10.1. The molecular formula is C10H11BrO4S. The number of aryl methyl sites for hydroxylation is 1. The molecule has 0 aliphatic carbocycles. The number of ether oxygens (including phenoxy) is 1. The summed E-state index contributed by atoms with van der Waals surface area (Å²) in [6, 6.07) is 2.91. The van der Waals surface area contributed by atoms with E-state index < -0.39 is 15.8 Å². The fourth-order valence-corrected chi connectivity index (χ4v) is 3.35. The number of carbonyl (C=O) groups is 1. The Bertz CT molecular complexity index is 534. The number of benzene rings is 1. The Balaban J connectivity index is 3.51. The van der Waals surface area contributed by atoms with E-state index in [1.165, 1.54) is 13.2 Å². The molecule has 1 aromatic carbocycles. The molecule has 0 aliphatic heterocycles. The lowest BCUT2D eigenvalue weighted by Gasteiger charge is -2.08. The van der Waals surface area contributed by atoms with Crippen LogP contribution >= 0.6 is 15.9 Å². The molecule has 88 valence electrons. The van der Waals surface area contributed by atoms with Crippen molar-refractivity contribution >= 4 is 31.7 Å². The normalized spacial score (nSPS) is 11.2. The van der Waals surface area contributed by atoms with Crippen molar-refractivity contribution in [3.63, 3.8) is 0 Å². The zero-order valence-electron chi connectivity index (χ0n) is 9.07. The summed E-state index contributed by atoms with van der Waals surface area (Å²) in [6.07, 6.45) is 1.09. The zero-order chi connectivity index (χ0) is 12.5. The average Bonchev–Trinajstić information content (AvgIpc) is 2.14. The summed E-state index contributed by atoms with van der Waals surface area (Å²) in [7, 11) is -2.12. The van der Waals surface area contributed by atoms with Gasteiger partial charge in [0.2, 0.25) is 0 Å². The van der Waals surface area contributed by atoms with Gasteiger partial charge in [-0.25, -0.2) is 13.2 Å². The Labute approximate surface area is 103 Å². The highest BCUT2D eigenvalue weighted by atomic mass is 79.9. The van der Waals surface area contributed by atoms with E-state index in [0.717, 1.165) is 6.26 Å². The second kappa shape index (κ2) is 4.55. The van der Waals surface area contributed by atoms with Gasteiger partial charge in [-0.05, 0) is 40.5 Å². The zero-order valence-corrected chi connectivity index (χ0v) is 11.5. The van der Waals surface area contributed by atoms with Crippen molar-refractivity contribution in [1.82, 2.24) is 0 Å². The Morgan fingerprint density at radius 2 is 1.94 bits per heavy atom. The van der Waals surface area contributed by atoms with Gasteiger partial charge in [0.1, 0.15) is 0 Å². The third-order valence-corrected chi connectivity index (χ3v) is 4.14. The van der Waals surface area contributed by atoms with Gasteiger partial charge in [-0.1, -0.05) is 0 Å². The van der Waals surface area contributed by atoms with Crippen molar-refractivity contribution in [2.75, 3.05) is 13.4 Å². The molecule has 0 bridgehead atoms. The Hall–Kier alpha value is -0.880. The van der Waals surface area contributed by atoms with Crippen molar-refractivity contribution in [2.24, 2.45) is 0 Å².